The lowest BCUT2D eigenvalue weighted by Gasteiger charge is -2.22. The van der Waals surface area contributed by atoms with E-state index in [1.807, 2.05) is 0 Å². The molecule has 0 fully saturated rings. The van der Waals surface area contributed by atoms with Gasteiger partial charge in [-0.3, -0.25) is 0 Å². The molecule has 0 aliphatic heterocycles. The van der Waals surface area contributed by atoms with Gasteiger partial charge in [-0.2, -0.15) is 0 Å². The van der Waals surface area contributed by atoms with E-state index in [1.54, 1.807) is 0 Å². The first kappa shape index (κ1) is 14.3. The van der Waals surface area contributed by atoms with Gasteiger partial charge >= 0.3 is 0 Å². The summed E-state index contributed by atoms with van der Waals surface area (Å²) in [7, 11) is 2.19. The molecule has 0 radical (unpaired) electrons. The molecule has 2 heteroatoms. The molecule has 1 atom stereocenters. The van der Waals surface area contributed by atoms with Crippen LogP contribution >= 0.6 is 0 Å². The van der Waals surface area contributed by atoms with Crippen molar-refractivity contribution in [3.8, 4) is 0 Å². The Kier molecular flexibility index (Phi) is 7.02. The number of hydrogen-bond acceptors (Lipinski definition) is 2. The highest BCUT2D eigenvalue weighted by atomic mass is 15.1. The third-order valence-electron chi connectivity index (χ3n) is 3.60. The Bertz CT molecular complexity index is 256. The third kappa shape index (κ3) is 5.40. The smallest absolute Gasteiger partial charge is 0.0144 e. The Balaban J connectivity index is 2.13. The fourth-order valence-electron chi connectivity index (χ4n) is 2.16. The molecule has 0 saturated heterocycles. The number of unbranched alkanes of at least 4 members (excludes halogenated alkanes) is 1. The minimum absolute atomic E-state index is 0.721. The standard InChI is InChI=1S/C15H28N2/c1-4-14-10-6-7-11-15(14)16-12-8-9-13-17(3)5-2/h6-7,11,14,16H,4-5,8-10,12-13H2,1-3H3. The van der Waals surface area contributed by atoms with E-state index in [2.05, 4.69) is 49.3 Å². The van der Waals surface area contributed by atoms with Crippen LogP contribution in [-0.2, 0) is 0 Å². The first-order chi connectivity index (χ1) is 8.27. The normalized spacial score (nSPS) is 19.5. The zero-order valence-electron chi connectivity index (χ0n) is 11.7. The van der Waals surface area contributed by atoms with E-state index in [0.717, 1.165) is 19.0 Å². The van der Waals surface area contributed by atoms with Gasteiger partial charge in [0.25, 0.3) is 0 Å². The first-order valence-corrected chi connectivity index (χ1v) is 7.07. The predicted molar refractivity (Wildman–Crippen MR) is 76.0 cm³/mol. The molecule has 98 valence electrons. The second-order valence-electron chi connectivity index (χ2n) is 4.92. The van der Waals surface area contributed by atoms with Crippen molar-refractivity contribution in [2.45, 2.75) is 39.5 Å². The fourth-order valence-corrected chi connectivity index (χ4v) is 2.16. The van der Waals surface area contributed by atoms with Crippen LogP contribution in [0.3, 0.4) is 0 Å². The van der Waals surface area contributed by atoms with E-state index < -0.39 is 0 Å². The van der Waals surface area contributed by atoms with Crippen LogP contribution in [0, 0.1) is 5.92 Å². The van der Waals surface area contributed by atoms with Gasteiger partial charge in [0.2, 0.25) is 0 Å². The fraction of sp³-hybridized carbons (Fsp3) is 0.733. The minimum atomic E-state index is 0.721. The van der Waals surface area contributed by atoms with Gasteiger partial charge in [0, 0.05) is 18.2 Å². The lowest BCUT2D eigenvalue weighted by Crippen LogP contribution is -2.24. The van der Waals surface area contributed by atoms with E-state index in [4.69, 9.17) is 0 Å². The summed E-state index contributed by atoms with van der Waals surface area (Å²) in [6.45, 7) is 7.97. The molecule has 1 aliphatic rings. The predicted octanol–water partition coefficient (Wildman–Crippen LogP) is 3.18. The largest absolute Gasteiger partial charge is 0.388 e. The van der Waals surface area contributed by atoms with Crippen molar-refractivity contribution in [1.82, 2.24) is 10.2 Å². The van der Waals surface area contributed by atoms with Crippen molar-refractivity contribution >= 4 is 0 Å². The molecule has 0 aromatic rings. The van der Waals surface area contributed by atoms with Crippen molar-refractivity contribution in [2.24, 2.45) is 5.92 Å². The second kappa shape index (κ2) is 8.35. The van der Waals surface area contributed by atoms with Crippen LogP contribution in [0.1, 0.15) is 39.5 Å². The van der Waals surface area contributed by atoms with Gasteiger partial charge in [-0.25, -0.2) is 0 Å². The lowest BCUT2D eigenvalue weighted by molar-refractivity contribution is 0.342. The average Bonchev–Trinajstić information content (AvgIpc) is 2.38. The molecule has 2 nitrogen and oxygen atoms in total. The quantitative estimate of drug-likeness (QED) is 0.651. The summed E-state index contributed by atoms with van der Waals surface area (Å²) < 4.78 is 0. The highest BCUT2D eigenvalue weighted by Crippen LogP contribution is 2.21. The van der Waals surface area contributed by atoms with Gasteiger partial charge in [-0.05, 0) is 51.9 Å². The number of nitrogens with one attached hydrogen (secondary N) is 1. The number of nitrogens with zero attached hydrogens (tertiary/aromatic N) is 1. The van der Waals surface area contributed by atoms with E-state index in [0.29, 0.717) is 0 Å². The number of allylic oxidation sites excluding steroid dienone is 4. The molecular formula is C15H28N2. The van der Waals surface area contributed by atoms with E-state index in [1.165, 1.54) is 37.9 Å². The van der Waals surface area contributed by atoms with Crippen LogP contribution in [0.5, 0.6) is 0 Å². The SMILES string of the molecule is CCC1CC=CC=C1NCCCCN(C)CC. The summed E-state index contributed by atoms with van der Waals surface area (Å²) in [6, 6.07) is 0. The molecule has 1 N–H and O–H groups in total. The number of hydrogen-bond donors (Lipinski definition) is 1. The summed E-state index contributed by atoms with van der Waals surface area (Å²) in [5, 5.41) is 3.61. The van der Waals surface area contributed by atoms with Crippen LogP contribution in [0.4, 0.5) is 0 Å². The molecule has 0 aromatic carbocycles. The van der Waals surface area contributed by atoms with E-state index in [9.17, 15) is 0 Å². The zero-order valence-corrected chi connectivity index (χ0v) is 11.7. The molecular weight excluding hydrogens is 208 g/mol. The van der Waals surface area contributed by atoms with Crippen molar-refractivity contribution in [1.29, 1.82) is 0 Å². The van der Waals surface area contributed by atoms with Crippen molar-refractivity contribution < 1.29 is 0 Å². The van der Waals surface area contributed by atoms with Crippen molar-refractivity contribution in [3.63, 3.8) is 0 Å². The Morgan fingerprint density at radius 1 is 1.35 bits per heavy atom. The van der Waals surface area contributed by atoms with Gasteiger partial charge < -0.3 is 10.2 Å². The highest BCUT2D eigenvalue weighted by Gasteiger charge is 2.11. The van der Waals surface area contributed by atoms with Gasteiger partial charge in [0.05, 0.1) is 0 Å². The molecule has 17 heavy (non-hydrogen) atoms. The Hall–Kier alpha value is -0.760. The van der Waals surface area contributed by atoms with Gasteiger partial charge in [-0.1, -0.05) is 26.0 Å². The van der Waals surface area contributed by atoms with Gasteiger partial charge in [0.1, 0.15) is 0 Å². The molecule has 0 heterocycles. The third-order valence-corrected chi connectivity index (χ3v) is 3.60. The Labute approximate surface area is 107 Å². The van der Waals surface area contributed by atoms with Crippen molar-refractivity contribution in [2.75, 3.05) is 26.7 Å². The lowest BCUT2D eigenvalue weighted by atomic mass is 9.94. The molecule has 1 rings (SSSR count). The molecule has 1 unspecified atom stereocenters. The summed E-state index contributed by atoms with van der Waals surface area (Å²) in [4.78, 5) is 2.37. The topological polar surface area (TPSA) is 15.3 Å². The highest BCUT2D eigenvalue weighted by molar-refractivity contribution is 5.19. The molecule has 1 aliphatic carbocycles. The van der Waals surface area contributed by atoms with E-state index >= 15 is 0 Å². The molecule has 0 aromatic heterocycles. The van der Waals surface area contributed by atoms with Gasteiger partial charge in [0.15, 0.2) is 0 Å². The minimum Gasteiger partial charge on any atom is -0.388 e. The second-order valence-corrected chi connectivity index (χ2v) is 4.92. The zero-order chi connectivity index (χ0) is 12.5. The summed E-state index contributed by atoms with van der Waals surface area (Å²) in [5.74, 6) is 0.721. The van der Waals surface area contributed by atoms with Crippen LogP contribution in [-0.4, -0.2) is 31.6 Å². The first-order valence-electron chi connectivity index (χ1n) is 7.07. The van der Waals surface area contributed by atoms with Crippen LogP contribution in [0.15, 0.2) is 23.9 Å². The maximum absolute atomic E-state index is 3.61. The Morgan fingerprint density at radius 3 is 2.88 bits per heavy atom. The maximum Gasteiger partial charge on any atom is 0.0144 e. The molecule has 0 bridgehead atoms. The van der Waals surface area contributed by atoms with Crippen molar-refractivity contribution in [3.05, 3.63) is 23.9 Å². The monoisotopic (exact) mass is 236 g/mol. The van der Waals surface area contributed by atoms with Crippen LogP contribution < -0.4 is 5.32 Å². The molecule has 0 amide bonds. The van der Waals surface area contributed by atoms with Crippen LogP contribution in [0.25, 0.3) is 0 Å². The molecule has 0 spiro atoms. The average molecular weight is 236 g/mol. The molecule has 0 saturated carbocycles. The van der Waals surface area contributed by atoms with E-state index in [-0.39, 0.29) is 0 Å². The number of rotatable bonds is 8. The summed E-state index contributed by atoms with van der Waals surface area (Å²) >= 11 is 0. The van der Waals surface area contributed by atoms with Gasteiger partial charge in [-0.15, -0.1) is 0 Å². The summed E-state index contributed by atoms with van der Waals surface area (Å²) in [5.41, 5.74) is 1.44. The van der Waals surface area contributed by atoms with Crippen LogP contribution in [0.2, 0.25) is 0 Å². The summed E-state index contributed by atoms with van der Waals surface area (Å²) in [6.07, 6.45) is 11.7. The maximum atomic E-state index is 3.61. The Morgan fingerprint density at radius 2 is 2.18 bits per heavy atom.